The van der Waals surface area contributed by atoms with Gasteiger partial charge in [-0.15, -0.1) is 0 Å². The lowest BCUT2D eigenvalue weighted by atomic mass is 10.1. The number of hydrogen-bond acceptors (Lipinski definition) is 3. The highest BCUT2D eigenvalue weighted by atomic mass is 15.0. The lowest BCUT2D eigenvalue weighted by Crippen LogP contribution is -2.40. The predicted molar refractivity (Wildman–Crippen MR) is 81.2 cm³/mol. The molecule has 0 atom stereocenters. The molecule has 1 aromatic heterocycles. The molecule has 3 heteroatoms. The monoisotopic (exact) mass is 257 g/mol. The molecule has 0 aliphatic rings. The highest BCUT2D eigenvalue weighted by molar-refractivity contribution is 5.81. The van der Waals surface area contributed by atoms with Crippen molar-refractivity contribution >= 4 is 10.9 Å². The number of fused-ring (bicyclic) bond motifs is 1. The summed E-state index contributed by atoms with van der Waals surface area (Å²) in [5.41, 5.74) is 2.54. The second-order valence-electron chi connectivity index (χ2n) is 5.85. The molecule has 0 amide bonds. The van der Waals surface area contributed by atoms with Gasteiger partial charge in [0.1, 0.15) is 0 Å². The van der Waals surface area contributed by atoms with Gasteiger partial charge >= 0.3 is 0 Å². The van der Waals surface area contributed by atoms with Gasteiger partial charge in [-0.2, -0.15) is 0 Å². The molecule has 102 valence electrons. The normalized spacial score (nSPS) is 11.9. The lowest BCUT2D eigenvalue weighted by Gasteiger charge is -2.20. The van der Waals surface area contributed by atoms with Crippen LogP contribution >= 0.6 is 0 Å². The smallest absolute Gasteiger partial charge is 0.0746 e. The molecule has 0 radical (unpaired) electrons. The highest BCUT2D eigenvalue weighted by Gasteiger charge is 2.07. The van der Waals surface area contributed by atoms with Crippen molar-refractivity contribution in [3.05, 3.63) is 42.1 Å². The van der Waals surface area contributed by atoms with Crippen LogP contribution in [0, 0.1) is 0 Å². The van der Waals surface area contributed by atoms with Gasteiger partial charge in [0, 0.05) is 36.8 Å². The Hall–Kier alpha value is -1.45. The van der Waals surface area contributed by atoms with Crippen LogP contribution in [0.2, 0.25) is 0 Å². The number of aromatic nitrogens is 1. The summed E-state index contributed by atoms with van der Waals surface area (Å²) in [6, 6.07) is 10.4. The van der Waals surface area contributed by atoms with Crippen LogP contribution in [0.3, 0.4) is 0 Å². The van der Waals surface area contributed by atoms with E-state index in [9.17, 15) is 0 Å². The summed E-state index contributed by atoms with van der Waals surface area (Å²) in [6.07, 6.45) is 1.85. The van der Waals surface area contributed by atoms with Crippen LogP contribution in [0.1, 0.15) is 26.3 Å². The Kier molecular flexibility index (Phi) is 4.51. The molecule has 0 bridgehead atoms. The lowest BCUT2D eigenvalue weighted by molar-refractivity contribution is 0.421. The Morgan fingerprint density at radius 1 is 1.05 bits per heavy atom. The van der Waals surface area contributed by atoms with Gasteiger partial charge < -0.3 is 10.6 Å². The minimum absolute atomic E-state index is 0.183. The maximum Gasteiger partial charge on any atom is 0.0746 e. The van der Waals surface area contributed by atoms with Gasteiger partial charge in [0.25, 0.3) is 0 Å². The number of rotatable bonds is 5. The van der Waals surface area contributed by atoms with Crippen molar-refractivity contribution in [2.75, 3.05) is 13.1 Å². The summed E-state index contributed by atoms with van der Waals surface area (Å²) < 4.78 is 0. The summed E-state index contributed by atoms with van der Waals surface area (Å²) in [7, 11) is 0. The van der Waals surface area contributed by atoms with Crippen LogP contribution in [0.25, 0.3) is 10.9 Å². The molecule has 3 nitrogen and oxygen atoms in total. The van der Waals surface area contributed by atoms with Crippen LogP contribution < -0.4 is 10.6 Å². The molecular formula is C16H23N3. The fraction of sp³-hybridized carbons (Fsp3) is 0.438. The first kappa shape index (κ1) is 14.0. The standard InChI is InChI=1S/C16H23N3/c1-16(2,3)19-11-10-17-12-14-7-4-6-13-8-5-9-18-15(13)14/h4-9,17,19H,10-12H2,1-3H3. The average Bonchev–Trinajstić information content (AvgIpc) is 2.37. The molecule has 2 N–H and O–H groups in total. The molecule has 1 heterocycles. The van der Waals surface area contributed by atoms with Gasteiger partial charge in [0.2, 0.25) is 0 Å². The zero-order chi connectivity index (χ0) is 13.7. The molecule has 2 rings (SSSR count). The van der Waals surface area contributed by atoms with Gasteiger partial charge in [-0.3, -0.25) is 4.98 Å². The van der Waals surface area contributed by atoms with Gasteiger partial charge in [0.05, 0.1) is 5.52 Å². The van der Waals surface area contributed by atoms with E-state index in [0.29, 0.717) is 0 Å². The molecule has 19 heavy (non-hydrogen) atoms. The summed E-state index contributed by atoms with van der Waals surface area (Å²) >= 11 is 0. The van der Waals surface area contributed by atoms with E-state index >= 15 is 0 Å². The van der Waals surface area contributed by atoms with Crippen LogP contribution in [0.4, 0.5) is 0 Å². The minimum Gasteiger partial charge on any atom is -0.311 e. The summed E-state index contributed by atoms with van der Waals surface area (Å²) in [4.78, 5) is 4.46. The molecular weight excluding hydrogens is 234 g/mol. The van der Waals surface area contributed by atoms with Crippen LogP contribution in [0.5, 0.6) is 0 Å². The van der Waals surface area contributed by atoms with Crippen molar-refractivity contribution < 1.29 is 0 Å². The van der Waals surface area contributed by atoms with Gasteiger partial charge in [-0.05, 0) is 32.4 Å². The quantitative estimate of drug-likeness (QED) is 0.809. The number of pyridine rings is 1. The topological polar surface area (TPSA) is 37.0 Å². The molecule has 0 spiro atoms. The highest BCUT2D eigenvalue weighted by Crippen LogP contribution is 2.15. The van der Waals surface area contributed by atoms with Gasteiger partial charge in [-0.1, -0.05) is 24.3 Å². The van der Waals surface area contributed by atoms with E-state index in [1.807, 2.05) is 12.3 Å². The summed E-state index contributed by atoms with van der Waals surface area (Å²) in [5.74, 6) is 0. The van der Waals surface area contributed by atoms with Crippen molar-refractivity contribution in [1.82, 2.24) is 15.6 Å². The van der Waals surface area contributed by atoms with Crippen molar-refractivity contribution in [1.29, 1.82) is 0 Å². The number of benzene rings is 1. The van der Waals surface area contributed by atoms with Crippen molar-refractivity contribution in [3.8, 4) is 0 Å². The molecule has 0 saturated carbocycles. The predicted octanol–water partition coefficient (Wildman–Crippen LogP) is 2.71. The van der Waals surface area contributed by atoms with E-state index in [4.69, 9.17) is 0 Å². The van der Waals surface area contributed by atoms with Crippen molar-refractivity contribution in [2.24, 2.45) is 0 Å². The minimum atomic E-state index is 0.183. The third kappa shape index (κ3) is 4.30. The zero-order valence-corrected chi connectivity index (χ0v) is 12.0. The Morgan fingerprint density at radius 3 is 2.63 bits per heavy atom. The van der Waals surface area contributed by atoms with Gasteiger partial charge in [-0.25, -0.2) is 0 Å². The maximum absolute atomic E-state index is 4.46. The molecule has 1 aromatic carbocycles. The second kappa shape index (κ2) is 6.13. The Morgan fingerprint density at radius 2 is 1.84 bits per heavy atom. The van der Waals surface area contributed by atoms with Crippen molar-refractivity contribution in [2.45, 2.75) is 32.9 Å². The van der Waals surface area contributed by atoms with Crippen molar-refractivity contribution in [3.63, 3.8) is 0 Å². The van der Waals surface area contributed by atoms with E-state index < -0.39 is 0 Å². The fourth-order valence-corrected chi connectivity index (χ4v) is 2.06. The van der Waals surface area contributed by atoms with E-state index in [1.54, 1.807) is 0 Å². The van der Waals surface area contributed by atoms with Gasteiger partial charge in [0.15, 0.2) is 0 Å². The average molecular weight is 257 g/mol. The number of nitrogens with one attached hydrogen (secondary N) is 2. The first-order valence-electron chi connectivity index (χ1n) is 6.85. The van der Waals surface area contributed by atoms with Crippen LogP contribution in [-0.4, -0.2) is 23.6 Å². The maximum atomic E-state index is 4.46. The third-order valence-electron chi connectivity index (χ3n) is 2.99. The fourth-order valence-electron chi connectivity index (χ4n) is 2.06. The molecule has 0 fully saturated rings. The Bertz CT molecular complexity index is 524. The van der Waals surface area contributed by atoms with Crippen LogP contribution in [0.15, 0.2) is 36.5 Å². The largest absolute Gasteiger partial charge is 0.311 e. The first-order chi connectivity index (χ1) is 9.06. The Balaban J connectivity index is 1.88. The third-order valence-corrected chi connectivity index (χ3v) is 2.99. The second-order valence-corrected chi connectivity index (χ2v) is 5.85. The molecule has 0 unspecified atom stereocenters. The molecule has 0 aliphatic heterocycles. The zero-order valence-electron chi connectivity index (χ0n) is 12.0. The van der Waals surface area contributed by atoms with E-state index in [-0.39, 0.29) is 5.54 Å². The summed E-state index contributed by atoms with van der Waals surface area (Å²) in [5, 5.41) is 8.13. The number of nitrogens with zero attached hydrogens (tertiary/aromatic N) is 1. The first-order valence-corrected chi connectivity index (χ1v) is 6.85. The number of hydrogen-bond donors (Lipinski definition) is 2. The van der Waals surface area contributed by atoms with E-state index in [2.05, 4.69) is 60.7 Å². The van der Waals surface area contributed by atoms with Crippen LogP contribution in [-0.2, 0) is 6.54 Å². The molecule has 2 aromatic rings. The summed E-state index contributed by atoms with van der Waals surface area (Å²) in [6.45, 7) is 9.34. The number of para-hydroxylation sites is 1. The molecule has 0 saturated heterocycles. The van der Waals surface area contributed by atoms with E-state index in [1.165, 1.54) is 10.9 Å². The molecule has 0 aliphatic carbocycles. The van der Waals surface area contributed by atoms with E-state index in [0.717, 1.165) is 25.2 Å². The SMILES string of the molecule is CC(C)(C)NCCNCc1cccc2cccnc12. The Labute approximate surface area is 115 Å².